The van der Waals surface area contributed by atoms with Gasteiger partial charge in [0.2, 0.25) is 5.91 Å². The van der Waals surface area contributed by atoms with Crippen molar-refractivity contribution in [1.29, 1.82) is 0 Å². The Bertz CT molecular complexity index is 1010. The summed E-state index contributed by atoms with van der Waals surface area (Å²) < 4.78 is 19.1. The van der Waals surface area contributed by atoms with Crippen LogP contribution in [-0.2, 0) is 27.2 Å². The minimum atomic E-state index is -0.563. The lowest BCUT2D eigenvalue weighted by Gasteiger charge is -2.18. The van der Waals surface area contributed by atoms with Crippen LogP contribution < -0.4 is 5.32 Å². The van der Waals surface area contributed by atoms with Crippen molar-refractivity contribution < 1.29 is 18.7 Å². The second-order valence-corrected chi connectivity index (χ2v) is 8.91. The van der Waals surface area contributed by atoms with E-state index in [1.165, 1.54) is 17.7 Å². The third-order valence-electron chi connectivity index (χ3n) is 4.54. The second-order valence-electron chi connectivity index (χ2n) is 8.91. The number of hydrogen-bond donors (Lipinski definition) is 1. The fourth-order valence-corrected chi connectivity index (χ4v) is 2.97. The molecular weight excluding hydrogens is 405 g/mol. The molecule has 1 N–H and O–H groups in total. The van der Waals surface area contributed by atoms with E-state index in [0.29, 0.717) is 24.1 Å². The van der Waals surface area contributed by atoms with Crippen molar-refractivity contribution in [3.05, 3.63) is 82.7 Å². The molecule has 0 aromatic heterocycles. The van der Waals surface area contributed by atoms with Crippen LogP contribution in [0.4, 0.5) is 10.1 Å². The van der Waals surface area contributed by atoms with Gasteiger partial charge in [0.1, 0.15) is 11.4 Å². The number of nitrogens with one attached hydrogen (secondary N) is 1. The molecule has 4 nitrogen and oxygen atoms in total. The molecule has 0 saturated carbocycles. The van der Waals surface area contributed by atoms with Gasteiger partial charge in [0.05, 0.1) is 0 Å². The summed E-state index contributed by atoms with van der Waals surface area (Å²) in [5.74, 6) is -0.930. The Balaban J connectivity index is 2.16. The zero-order valence-corrected chi connectivity index (χ0v) is 19.5. The lowest BCUT2D eigenvalue weighted by molar-refractivity contribution is -0.148. The predicted molar refractivity (Wildman–Crippen MR) is 128 cm³/mol. The monoisotopic (exact) mass is 437 g/mol. The van der Waals surface area contributed by atoms with Gasteiger partial charge in [-0.15, -0.1) is 0 Å². The Morgan fingerprint density at radius 2 is 1.78 bits per heavy atom. The summed E-state index contributed by atoms with van der Waals surface area (Å²) in [6.07, 6.45) is 6.27. The van der Waals surface area contributed by atoms with Gasteiger partial charge >= 0.3 is 5.97 Å². The number of esters is 1. The number of ether oxygens (including phenoxy) is 1. The minimum Gasteiger partial charge on any atom is -0.457 e. The largest absolute Gasteiger partial charge is 0.457 e. The molecule has 0 spiro atoms. The molecule has 0 saturated heterocycles. The number of hydrogen-bond acceptors (Lipinski definition) is 3. The Morgan fingerprint density at radius 1 is 1.06 bits per heavy atom. The molecule has 32 heavy (non-hydrogen) atoms. The van der Waals surface area contributed by atoms with Gasteiger partial charge in [-0.05, 0) is 82.4 Å². The van der Waals surface area contributed by atoms with Crippen LogP contribution in [0.3, 0.4) is 0 Å². The van der Waals surface area contributed by atoms with Gasteiger partial charge in [-0.25, -0.2) is 9.18 Å². The van der Waals surface area contributed by atoms with E-state index in [9.17, 15) is 14.0 Å². The maximum Gasteiger partial charge on any atom is 0.331 e. The Hall–Kier alpha value is -3.21. The molecule has 2 aromatic carbocycles. The van der Waals surface area contributed by atoms with E-state index in [-0.39, 0.29) is 18.1 Å². The van der Waals surface area contributed by atoms with Gasteiger partial charge in [0, 0.05) is 18.2 Å². The van der Waals surface area contributed by atoms with E-state index in [1.807, 2.05) is 52.8 Å². The van der Waals surface area contributed by atoms with Crippen LogP contribution >= 0.6 is 0 Å². The molecule has 170 valence electrons. The van der Waals surface area contributed by atoms with E-state index >= 15 is 0 Å². The number of halogens is 1. The van der Waals surface area contributed by atoms with E-state index in [1.54, 1.807) is 24.3 Å². The molecule has 0 aliphatic rings. The predicted octanol–water partition coefficient (Wildman–Crippen LogP) is 6.26. The number of amides is 1. The van der Waals surface area contributed by atoms with Crippen LogP contribution in [0.1, 0.15) is 57.7 Å². The average molecular weight is 438 g/mol. The maximum absolute atomic E-state index is 13.8. The van der Waals surface area contributed by atoms with Crippen molar-refractivity contribution in [2.75, 3.05) is 5.32 Å². The lowest BCUT2D eigenvalue weighted by Crippen LogP contribution is -2.22. The average Bonchev–Trinajstić information content (AvgIpc) is 2.69. The van der Waals surface area contributed by atoms with Crippen molar-refractivity contribution in [2.24, 2.45) is 0 Å². The molecule has 0 aliphatic heterocycles. The van der Waals surface area contributed by atoms with Crippen LogP contribution in [0, 0.1) is 5.82 Å². The third-order valence-corrected chi connectivity index (χ3v) is 4.54. The molecule has 0 unspecified atom stereocenters. The van der Waals surface area contributed by atoms with Crippen molar-refractivity contribution in [2.45, 2.75) is 59.5 Å². The van der Waals surface area contributed by atoms with Crippen LogP contribution in [0.25, 0.3) is 6.08 Å². The molecule has 0 atom stereocenters. The van der Waals surface area contributed by atoms with Gasteiger partial charge in [0.15, 0.2) is 0 Å². The molecule has 0 fully saturated rings. The smallest absolute Gasteiger partial charge is 0.331 e. The molecule has 2 rings (SSSR count). The summed E-state index contributed by atoms with van der Waals surface area (Å²) in [6.45, 7) is 9.47. The zero-order chi connectivity index (χ0) is 23.7. The van der Waals surface area contributed by atoms with Gasteiger partial charge < -0.3 is 10.1 Å². The highest BCUT2D eigenvalue weighted by Gasteiger charge is 2.14. The van der Waals surface area contributed by atoms with E-state index in [0.717, 1.165) is 11.1 Å². The van der Waals surface area contributed by atoms with Crippen LogP contribution in [-0.4, -0.2) is 17.5 Å². The van der Waals surface area contributed by atoms with Crippen molar-refractivity contribution in [1.82, 2.24) is 0 Å². The third kappa shape index (κ3) is 8.88. The Labute approximate surface area is 190 Å². The lowest BCUT2D eigenvalue weighted by atomic mass is 10.0. The molecule has 0 bridgehead atoms. The number of carbonyl (C=O) groups excluding carboxylic acids is 2. The summed E-state index contributed by atoms with van der Waals surface area (Å²) in [6, 6.07) is 12.1. The highest BCUT2D eigenvalue weighted by atomic mass is 19.1. The number of allylic oxidation sites excluding steroid dienone is 2. The summed E-state index contributed by atoms with van der Waals surface area (Å²) in [4.78, 5) is 24.5. The van der Waals surface area contributed by atoms with Gasteiger partial charge in [-0.2, -0.15) is 0 Å². The first kappa shape index (κ1) is 25.1. The molecule has 2 aromatic rings. The highest BCUT2D eigenvalue weighted by Crippen LogP contribution is 2.21. The topological polar surface area (TPSA) is 55.4 Å². The fourth-order valence-electron chi connectivity index (χ4n) is 2.97. The normalized spacial score (nSPS) is 11.3. The maximum atomic E-state index is 13.8. The molecule has 1 amide bonds. The summed E-state index contributed by atoms with van der Waals surface area (Å²) in [7, 11) is 0. The number of anilines is 1. The van der Waals surface area contributed by atoms with Crippen molar-refractivity contribution >= 4 is 23.6 Å². The van der Waals surface area contributed by atoms with Crippen molar-refractivity contribution in [3.8, 4) is 0 Å². The number of rotatable bonds is 8. The molecule has 5 heteroatoms. The quantitative estimate of drug-likeness (QED) is 0.301. The number of carbonyl (C=O) groups is 2. The van der Waals surface area contributed by atoms with E-state index in [4.69, 9.17) is 4.74 Å². The second kappa shape index (κ2) is 11.4. The minimum absolute atomic E-state index is 0.168. The zero-order valence-electron chi connectivity index (χ0n) is 19.5. The number of aryl methyl sites for hydroxylation is 1. The molecule has 0 heterocycles. The standard InChI is InChI=1S/C27H32FNO3/c1-19(2)10-13-22-14-11-20(12-17-26(31)32-27(3,4)5)18-24(22)29-25(30)16-15-21-8-6-7-9-23(21)28/h6-12,14,17-18H,13,15-16H2,1-5H3,(H,29,30)/b17-12+. The Kier molecular flexibility index (Phi) is 8.94. The fraction of sp³-hybridized carbons (Fsp3) is 0.333. The Morgan fingerprint density at radius 3 is 2.44 bits per heavy atom. The van der Waals surface area contributed by atoms with Crippen LogP contribution in [0.15, 0.2) is 60.2 Å². The van der Waals surface area contributed by atoms with Gasteiger partial charge in [-0.1, -0.05) is 42.0 Å². The summed E-state index contributed by atoms with van der Waals surface area (Å²) in [5.41, 5.74) is 3.53. The van der Waals surface area contributed by atoms with Crippen LogP contribution in [0.5, 0.6) is 0 Å². The number of benzene rings is 2. The van der Waals surface area contributed by atoms with E-state index in [2.05, 4.69) is 11.4 Å². The molecular formula is C27H32FNO3. The highest BCUT2D eigenvalue weighted by molar-refractivity contribution is 5.92. The summed E-state index contributed by atoms with van der Waals surface area (Å²) in [5, 5.41) is 2.95. The van der Waals surface area contributed by atoms with Crippen molar-refractivity contribution in [3.63, 3.8) is 0 Å². The van der Waals surface area contributed by atoms with Gasteiger partial charge in [0.25, 0.3) is 0 Å². The van der Waals surface area contributed by atoms with E-state index < -0.39 is 11.6 Å². The molecule has 0 aliphatic carbocycles. The first-order valence-corrected chi connectivity index (χ1v) is 10.7. The SMILES string of the molecule is CC(C)=CCc1ccc(/C=C/C(=O)OC(C)(C)C)cc1NC(=O)CCc1ccccc1F. The molecule has 0 radical (unpaired) electrons. The summed E-state index contributed by atoms with van der Waals surface area (Å²) >= 11 is 0. The van der Waals surface area contributed by atoms with Crippen LogP contribution in [0.2, 0.25) is 0 Å². The first-order valence-electron chi connectivity index (χ1n) is 10.7. The first-order chi connectivity index (χ1) is 15.0. The van der Waals surface area contributed by atoms with Gasteiger partial charge in [-0.3, -0.25) is 4.79 Å².